The second-order valence-electron chi connectivity index (χ2n) is 19.4. The maximum atomic E-state index is 11.1. The number of ether oxygens (including phenoxy) is 4. The van der Waals surface area contributed by atoms with Crippen LogP contribution in [0.25, 0.3) is 43.9 Å². The lowest BCUT2D eigenvalue weighted by molar-refractivity contribution is -0.169. The Morgan fingerprint density at radius 2 is 1.10 bits per heavy atom. The van der Waals surface area contributed by atoms with E-state index in [0.717, 1.165) is 78.2 Å². The second kappa shape index (κ2) is 18.9. The van der Waals surface area contributed by atoms with Gasteiger partial charge in [-0.3, -0.25) is 0 Å². The summed E-state index contributed by atoms with van der Waals surface area (Å²) < 4.78 is 31.3. The molecular formula is C50H46Br2Cl4N8O7. The summed E-state index contributed by atoms with van der Waals surface area (Å²) in [6.07, 6.45) is 7.24. The number of hydrogen-bond acceptors (Lipinski definition) is 13. The van der Waals surface area contributed by atoms with E-state index in [9.17, 15) is 10.2 Å². The van der Waals surface area contributed by atoms with Crippen LogP contribution in [0.2, 0.25) is 20.6 Å². The molecule has 2 aliphatic carbocycles. The summed E-state index contributed by atoms with van der Waals surface area (Å²) in [5.74, 6) is -0.675. The molecule has 21 heteroatoms. The number of aliphatic hydroxyl groups is 3. The molecule has 2 spiro atoms. The van der Waals surface area contributed by atoms with Crippen LogP contribution in [0.3, 0.4) is 0 Å². The van der Waals surface area contributed by atoms with Crippen molar-refractivity contribution in [3.05, 3.63) is 126 Å². The fourth-order valence-electron chi connectivity index (χ4n) is 11.7. The highest BCUT2D eigenvalue weighted by Gasteiger charge is 2.64. The Labute approximate surface area is 444 Å². The molecule has 0 radical (unpaired) electrons. The Hall–Kier alpha value is -3.66. The van der Waals surface area contributed by atoms with Gasteiger partial charge in [0.05, 0.1) is 80.5 Å². The highest BCUT2D eigenvalue weighted by Crippen LogP contribution is 2.60. The summed E-state index contributed by atoms with van der Waals surface area (Å²) in [5.41, 5.74) is 4.39. The molecule has 15 nitrogen and oxygen atoms in total. The third kappa shape index (κ3) is 8.63. The number of aliphatic hydroxyl groups excluding tert-OH is 3. The maximum Gasteiger partial charge on any atom is 0.163 e. The summed E-state index contributed by atoms with van der Waals surface area (Å²) in [4.78, 5) is 26.0. The minimum Gasteiger partial charge on any atom is -0.400 e. The fraction of sp³-hybridized carbons (Fsp3) is 0.400. The predicted octanol–water partition coefficient (Wildman–Crippen LogP) is 11.1. The quantitative estimate of drug-likeness (QED) is 0.112. The molecule has 3 N–H and O–H groups in total. The summed E-state index contributed by atoms with van der Waals surface area (Å²) in [6, 6.07) is 19.7. The topological polar surface area (TPSA) is 185 Å². The summed E-state index contributed by atoms with van der Waals surface area (Å²) in [5, 5.41) is 34.3. The van der Waals surface area contributed by atoms with E-state index >= 15 is 0 Å². The number of aromatic nitrogens is 8. The van der Waals surface area contributed by atoms with Crippen LogP contribution in [0.5, 0.6) is 0 Å². The monoisotopic (exact) mass is 1170 g/mol. The molecule has 8 aromatic rings. The lowest BCUT2D eigenvalue weighted by atomic mass is 9.80. The van der Waals surface area contributed by atoms with E-state index < -0.39 is 23.4 Å². The molecule has 5 aliphatic rings. The summed E-state index contributed by atoms with van der Waals surface area (Å²) in [6.45, 7) is 4.91. The Balaban J connectivity index is 0.000000149. The molecule has 9 heterocycles. The van der Waals surface area contributed by atoms with Gasteiger partial charge in [-0.15, -0.1) is 0 Å². The highest BCUT2D eigenvalue weighted by molar-refractivity contribution is 9.10. The van der Waals surface area contributed by atoms with E-state index in [1.165, 1.54) is 12.7 Å². The van der Waals surface area contributed by atoms with E-state index in [1.807, 2.05) is 73.3 Å². The van der Waals surface area contributed by atoms with Crippen LogP contribution in [-0.2, 0) is 18.9 Å². The van der Waals surface area contributed by atoms with Gasteiger partial charge in [-0.1, -0.05) is 70.7 Å². The Bertz CT molecular complexity index is 3370. The van der Waals surface area contributed by atoms with Gasteiger partial charge in [0.2, 0.25) is 0 Å². The van der Waals surface area contributed by atoms with E-state index in [1.54, 1.807) is 0 Å². The lowest BCUT2D eigenvalue weighted by Crippen LogP contribution is -2.37. The molecule has 2 unspecified atom stereocenters. The Morgan fingerprint density at radius 3 is 1.65 bits per heavy atom. The zero-order valence-corrected chi connectivity index (χ0v) is 44.5. The molecule has 370 valence electrons. The zero-order valence-electron chi connectivity index (χ0n) is 38.3. The van der Waals surface area contributed by atoms with Crippen molar-refractivity contribution in [2.24, 2.45) is 10.8 Å². The van der Waals surface area contributed by atoms with Crippen LogP contribution in [0.4, 0.5) is 0 Å². The Morgan fingerprint density at radius 1 is 0.606 bits per heavy atom. The van der Waals surface area contributed by atoms with Gasteiger partial charge in [-0.2, -0.15) is 0 Å². The average molecular weight is 1170 g/mol. The minimum atomic E-state index is -0.953. The van der Waals surface area contributed by atoms with E-state index in [0.29, 0.717) is 52.3 Å². The third-order valence-corrected chi connectivity index (χ3v) is 17.7. The first kappa shape index (κ1) is 49.5. The molecular weight excluding hydrogens is 1130 g/mol. The smallest absolute Gasteiger partial charge is 0.163 e. The normalized spacial score (nSPS) is 29.6. The van der Waals surface area contributed by atoms with Crippen molar-refractivity contribution >= 4 is 122 Å². The standard InChI is InChI=1S/C26H23BrCl2N4O3.C23H19BrCl2N4O3.CH4O/c1-25(2)35-20-18(33-6-5-15-22(28)30-12-31-24(15)33)9-26(21(20)36-25)10-19(34-11-26)14-4-3-13-7-16(27)23(29)32-17(13)8-14;24-14-5-11-1-2-12(6-15(11)29-21(14)26)17-8-23(9-33-17)7-16(18(31)19(23)32)30-4-3-13-20(25)27-10-28-22(13)30;1-2/h3-8,12,18-21H,9-11H2,1-2H3;1-6,10,16-19,31-32H,7-9H2;2H,1H3/t18-,19?,20+,21+,26-;16-,17?,18+,19+,23-;/m11./s1. The first-order chi connectivity index (χ1) is 34.1. The van der Waals surface area contributed by atoms with Gasteiger partial charge >= 0.3 is 0 Å². The third-order valence-electron chi connectivity index (χ3n) is 14.9. The van der Waals surface area contributed by atoms with Crippen LogP contribution in [-0.4, -0.2) is 105 Å². The van der Waals surface area contributed by atoms with Crippen LogP contribution in [0.1, 0.15) is 74.9 Å². The summed E-state index contributed by atoms with van der Waals surface area (Å²) in [7, 11) is 1.00. The first-order valence-electron chi connectivity index (χ1n) is 22.9. The number of benzene rings is 2. The van der Waals surface area contributed by atoms with Crippen LogP contribution >= 0.6 is 78.3 Å². The van der Waals surface area contributed by atoms with Crippen LogP contribution in [0.15, 0.2) is 94.7 Å². The summed E-state index contributed by atoms with van der Waals surface area (Å²) >= 11 is 31.8. The van der Waals surface area contributed by atoms with Crippen molar-refractivity contribution in [3.63, 3.8) is 0 Å². The van der Waals surface area contributed by atoms with E-state index in [2.05, 4.69) is 84.5 Å². The SMILES string of the molecule is CC1(C)O[C@H]2[C@H](n3ccc4c(Cl)ncnc43)C[C@@]3(COC(c4ccc5cc(Br)c(Cl)nc5c4)C3)[C@H]2O1.CO.O[C@H]1[C@H](n2ccc3c(Cl)ncnc32)C[C@@]2(COC(c3ccc4cc(Br)c(Cl)nc4c3)C2)[C@H]1O. The molecule has 3 saturated heterocycles. The highest BCUT2D eigenvalue weighted by atomic mass is 79.9. The number of pyridine rings is 2. The van der Waals surface area contributed by atoms with Gasteiger partial charge in [0.1, 0.15) is 56.8 Å². The minimum absolute atomic E-state index is 0.0389. The largest absolute Gasteiger partial charge is 0.400 e. The number of fused-ring (bicyclic) bond motifs is 6. The molecule has 2 saturated carbocycles. The molecule has 0 amide bonds. The zero-order chi connectivity index (χ0) is 49.7. The number of halogens is 6. The van der Waals surface area contributed by atoms with Crippen molar-refractivity contribution < 1.29 is 34.3 Å². The first-order valence-corrected chi connectivity index (χ1v) is 26.0. The van der Waals surface area contributed by atoms with Gasteiger partial charge in [0, 0.05) is 41.1 Å². The van der Waals surface area contributed by atoms with Crippen molar-refractivity contribution in [3.8, 4) is 0 Å². The average Bonchev–Trinajstić information content (AvgIpc) is 4.24. The van der Waals surface area contributed by atoms with E-state index in [-0.39, 0.29) is 41.9 Å². The van der Waals surface area contributed by atoms with Gasteiger partial charge in [-0.25, -0.2) is 29.9 Å². The number of nitrogens with zero attached hydrogens (tertiary/aromatic N) is 8. The Kier molecular flexibility index (Phi) is 13.2. The molecule has 2 aromatic carbocycles. The molecule has 10 atom stereocenters. The van der Waals surface area contributed by atoms with Gasteiger partial charge in [0.25, 0.3) is 0 Å². The maximum absolute atomic E-state index is 11.1. The number of hydrogen-bond donors (Lipinski definition) is 3. The molecule has 0 bridgehead atoms. The van der Waals surface area contributed by atoms with Crippen molar-refractivity contribution in [2.45, 2.75) is 94.0 Å². The van der Waals surface area contributed by atoms with Gasteiger partial charge in [-0.05, 0) is 119 Å². The van der Waals surface area contributed by atoms with Crippen molar-refractivity contribution in [1.82, 2.24) is 39.0 Å². The molecule has 13 rings (SSSR count). The predicted molar refractivity (Wildman–Crippen MR) is 277 cm³/mol. The molecule has 3 aliphatic heterocycles. The molecule has 6 aromatic heterocycles. The lowest BCUT2D eigenvalue weighted by Gasteiger charge is -2.30. The van der Waals surface area contributed by atoms with Crippen LogP contribution in [0, 0.1) is 10.8 Å². The fourth-order valence-corrected chi connectivity index (χ4v) is 13.0. The van der Waals surface area contributed by atoms with Crippen molar-refractivity contribution in [2.75, 3.05) is 20.3 Å². The van der Waals surface area contributed by atoms with Crippen molar-refractivity contribution in [1.29, 1.82) is 0 Å². The second-order valence-corrected chi connectivity index (χ2v) is 22.5. The number of rotatable bonds is 4. The molecule has 5 fully saturated rings. The van der Waals surface area contributed by atoms with E-state index in [4.69, 9.17) is 70.5 Å². The van der Waals surface area contributed by atoms with Gasteiger partial charge < -0.3 is 43.4 Å². The van der Waals surface area contributed by atoms with Crippen LogP contribution < -0.4 is 0 Å². The molecule has 71 heavy (non-hydrogen) atoms. The van der Waals surface area contributed by atoms with Gasteiger partial charge in [0.15, 0.2) is 5.79 Å².